The van der Waals surface area contributed by atoms with Crippen molar-refractivity contribution in [1.29, 1.82) is 0 Å². The molecule has 2 heterocycles. The van der Waals surface area contributed by atoms with Gasteiger partial charge in [-0.25, -0.2) is 0 Å². The number of nitrogens with zero attached hydrogens (tertiary/aromatic N) is 2. The van der Waals surface area contributed by atoms with Gasteiger partial charge in [0, 0.05) is 6.20 Å². The standard InChI is InChI=1S/C14H20N4O2/c19-14(12-4-5-13(11-17-20)16-10-12)15-6-9-18-7-2-1-3-8-18/h4-5,10-11,20H,1-3,6-9H2,(H,15,19)/p+1/b17-11+. The molecule has 0 unspecified atom stereocenters. The Bertz CT molecular complexity index is 453. The van der Waals surface area contributed by atoms with Gasteiger partial charge in [0.15, 0.2) is 0 Å². The maximum absolute atomic E-state index is 11.9. The van der Waals surface area contributed by atoms with E-state index in [1.54, 1.807) is 17.0 Å². The van der Waals surface area contributed by atoms with E-state index in [0.717, 1.165) is 6.54 Å². The summed E-state index contributed by atoms with van der Waals surface area (Å²) in [5.74, 6) is -0.110. The molecular weight excluding hydrogens is 256 g/mol. The van der Waals surface area contributed by atoms with Crippen LogP contribution in [0.3, 0.4) is 0 Å². The van der Waals surface area contributed by atoms with E-state index < -0.39 is 0 Å². The number of aromatic nitrogens is 1. The fourth-order valence-corrected chi connectivity index (χ4v) is 2.43. The third kappa shape index (κ3) is 4.31. The van der Waals surface area contributed by atoms with Crippen LogP contribution in [0.4, 0.5) is 0 Å². The maximum Gasteiger partial charge on any atom is 0.253 e. The van der Waals surface area contributed by atoms with E-state index in [-0.39, 0.29) is 5.91 Å². The molecule has 0 atom stereocenters. The van der Waals surface area contributed by atoms with Gasteiger partial charge in [-0.15, -0.1) is 0 Å². The van der Waals surface area contributed by atoms with Crippen LogP contribution in [-0.2, 0) is 0 Å². The van der Waals surface area contributed by atoms with Crippen LogP contribution in [0, 0.1) is 0 Å². The molecular formula is C14H21N4O2+. The second-order valence-corrected chi connectivity index (χ2v) is 5.03. The number of carbonyl (C=O) groups excluding carboxylic acids is 1. The van der Waals surface area contributed by atoms with Crippen molar-refractivity contribution in [2.45, 2.75) is 19.3 Å². The highest BCUT2D eigenvalue weighted by molar-refractivity contribution is 5.94. The van der Waals surface area contributed by atoms with Gasteiger partial charge in [0.2, 0.25) is 0 Å². The summed E-state index contributed by atoms with van der Waals surface area (Å²) in [6.07, 6.45) is 6.63. The van der Waals surface area contributed by atoms with E-state index in [0.29, 0.717) is 17.8 Å². The number of hydrogen-bond acceptors (Lipinski definition) is 4. The molecule has 1 aliphatic heterocycles. The quantitative estimate of drug-likeness (QED) is 0.392. The van der Waals surface area contributed by atoms with E-state index >= 15 is 0 Å². The summed E-state index contributed by atoms with van der Waals surface area (Å²) in [5.41, 5.74) is 1.04. The van der Waals surface area contributed by atoms with Gasteiger partial charge in [0.1, 0.15) is 0 Å². The third-order valence-corrected chi connectivity index (χ3v) is 3.56. The molecule has 1 aromatic heterocycles. The number of rotatable bonds is 5. The van der Waals surface area contributed by atoms with Crippen LogP contribution in [0.1, 0.15) is 35.3 Å². The highest BCUT2D eigenvalue weighted by Crippen LogP contribution is 1.98. The van der Waals surface area contributed by atoms with Gasteiger partial charge in [0.05, 0.1) is 43.7 Å². The van der Waals surface area contributed by atoms with Gasteiger partial charge in [0.25, 0.3) is 5.91 Å². The number of carbonyl (C=O) groups is 1. The van der Waals surface area contributed by atoms with Crippen LogP contribution in [0.25, 0.3) is 0 Å². The molecule has 1 aliphatic rings. The summed E-state index contributed by atoms with van der Waals surface area (Å²) >= 11 is 0. The minimum atomic E-state index is -0.110. The normalized spacial score (nSPS) is 16.4. The van der Waals surface area contributed by atoms with Crippen molar-refractivity contribution in [2.24, 2.45) is 5.16 Å². The number of quaternary nitrogens is 1. The van der Waals surface area contributed by atoms with E-state index in [1.165, 1.54) is 44.8 Å². The van der Waals surface area contributed by atoms with Crippen molar-refractivity contribution in [3.63, 3.8) is 0 Å². The van der Waals surface area contributed by atoms with Crippen LogP contribution in [0.5, 0.6) is 0 Å². The molecule has 20 heavy (non-hydrogen) atoms. The van der Waals surface area contributed by atoms with Gasteiger partial charge in [-0.1, -0.05) is 5.16 Å². The summed E-state index contributed by atoms with van der Waals surface area (Å²) in [4.78, 5) is 17.5. The Morgan fingerprint density at radius 2 is 2.20 bits per heavy atom. The van der Waals surface area contributed by atoms with Crippen LogP contribution in [0.15, 0.2) is 23.5 Å². The second-order valence-electron chi connectivity index (χ2n) is 5.03. The first-order valence-electron chi connectivity index (χ1n) is 7.05. The average molecular weight is 277 g/mol. The smallest absolute Gasteiger partial charge is 0.253 e. The zero-order valence-corrected chi connectivity index (χ0v) is 11.5. The molecule has 0 aromatic carbocycles. The minimum absolute atomic E-state index is 0.110. The maximum atomic E-state index is 11.9. The molecule has 1 aromatic rings. The number of hydrogen-bond donors (Lipinski definition) is 3. The first-order valence-corrected chi connectivity index (χ1v) is 7.05. The van der Waals surface area contributed by atoms with E-state index in [9.17, 15) is 4.79 Å². The fraction of sp³-hybridized carbons (Fsp3) is 0.500. The molecule has 0 aliphatic carbocycles. The SMILES string of the molecule is O=C(NCC[NH+]1CCCCC1)c1ccc(/C=N/O)nc1. The summed E-state index contributed by atoms with van der Waals surface area (Å²) in [5, 5.41) is 14.2. The predicted octanol–water partition coefficient (Wildman–Crippen LogP) is -0.312. The molecule has 1 fully saturated rings. The third-order valence-electron chi connectivity index (χ3n) is 3.56. The lowest BCUT2D eigenvalue weighted by Crippen LogP contribution is -3.13. The molecule has 3 N–H and O–H groups in total. The molecule has 6 nitrogen and oxygen atoms in total. The molecule has 6 heteroatoms. The lowest BCUT2D eigenvalue weighted by molar-refractivity contribution is -0.903. The van der Waals surface area contributed by atoms with Gasteiger partial charge < -0.3 is 15.4 Å². The van der Waals surface area contributed by atoms with Crippen molar-refractivity contribution < 1.29 is 14.9 Å². The van der Waals surface area contributed by atoms with Crippen molar-refractivity contribution in [3.05, 3.63) is 29.6 Å². The summed E-state index contributed by atoms with van der Waals surface area (Å²) in [6.45, 7) is 4.10. The Morgan fingerprint density at radius 1 is 1.40 bits per heavy atom. The molecule has 1 amide bonds. The Hall–Kier alpha value is -1.95. The number of nitrogens with one attached hydrogen (secondary N) is 2. The van der Waals surface area contributed by atoms with Crippen molar-refractivity contribution in [3.8, 4) is 0 Å². The van der Waals surface area contributed by atoms with Gasteiger partial charge in [-0.2, -0.15) is 0 Å². The van der Waals surface area contributed by atoms with Crippen molar-refractivity contribution in [2.75, 3.05) is 26.2 Å². The van der Waals surface area contributed by atoms with Gasteiger partial charge in [-0.3, -0.25) is 9.78 Å². The lowest BCUT2D eigenvalue weighted by Gasteiger charge is -2.23. The van der Waals surface area contributed by atoms with Crippen LogP contribution >= 0.6 is 0 Å². The Kier molecular flexibility index (Phi) is 5.49. The van der Waals surface area contributed by atoms with Crippen molar-refractivity contribution in [1.82, 2.24) is 10.3 Å². The molecule has 0 spiro atoms. The Balaban J connectivity index is 1.76. The summed E-state index contributed by atoms with van der Waals surface area (Å²) in [6, 6.07) is 3.32. The van der Waals surface area contributed by atoms with Gasteiger partial charge in [-0.05, 0) is 31.4 Å². The average Bonchev–Trinajstić information content (AvgIpc) is 2.49. The molecule has 0 saturated carbocycles. The zero-order chi connectivity index (χ0) is 14.2. The monoisotopic (exact) mass is 277 g/mol. The highest BCUT2D eigenvalue weighted by Gasteiger charge is 2.13. The molecule has 108 valence electrons. The second kappa shape index (κ2) is 7.59. The Morgan fingerprint density at radius 3 is 2.85 bits per heavy atom. The number of oxime groups is 1. The number of likely N-dealkylation sites (tertiary alicyclic amines) is 1. The molecule has 0 bridgehead atoms. The Labute approximate surface area is 118 Å². The lowest BCUT2D eigenvalue weighted by atomic mass is 10.1. The summed E-state index contributed by atoms with van der Waals surface area (Å²) in [7, 11) is 0. The number of pyridine rings is 1. The predicted molar refractivity (Wildman–Crippen MR) is 75.4 cm³/mol. The van der Waals surface area contributed by atoms with Crippen molar-refractivity contribution >= 4 is 12.1 Å². The molecule has 2 rings (SSSR count). The highest BCUT2D eigenvalue weighted by atomic mass is 16.4. The zero-order valence-electron chi connectivity index (χ0n) is 11.5. The molecule has 0 radical (unpaired) electrons. The summed E-state index contributed by atoms with van der Waals surface area (Å²) < 4.78 is 0. The minimum Gasteiger partial charge on any atom is -0.411 e. The largest absolute Gasteiger partial charge is 0.411 e. The van der Waals surface area contributed by atoms with E-state index in [1.807, 2.05) is 0 Å². The molecule has 1 saturated heterocycles. The first kappa shape index (κ1) is 14.5. The van der Waals surface area contributed by atoms with Crippen LogP contribution < -0.4 is 10.2 Å². The van der Waals surface area contributed by atoms with E-state index in [4.69, 9.17) is 5.21 Å². The van der Waals surface area contributed by atoms with Crippen LogP contribution in [0.2, 0.25) is 0 Å². The topological polar surface area (TPSA) is 79.0 Å². The number of amides is 1. The fourth-order valence-electron chi connectivity index (χ4n) is 2.43. The van der Waals surface area contributed by atoms with Crippen LogP contribution in [-0.4, -0.2) is 48.5 Å². The van der Waals surface area contributed by atoms with E-state index in [2.05, 4.69) is 15.5 Å². The number of piperidine rings is 1. The van der Waals surface area contributed by atoms with Gasteiger partial charge >= 0.3 is 0 Å². The first-order chi connectivity index (χ1) is 9.79.